The van der Waals surface area contributed by atoms with E-state index in [1.165, 1.54) is 6.92 Å². The van der Waals surface area contributed by atoms with E-state index in [9.17, 15) is 5.11 Å². The fraction of sp³-hybridized carbons (Fsp3) is 0.182. The third-order valence-corrected chi connectivity index (χ3v) is 2.58. The van der Waals surface area contributed by atoms with Crippen LogP contribution < -0.4 is 5.73 Å². The van der Waals surface area contributed by atoms with E-state index in [4.69, 9.17) is 11.1 Å². The molecule has 0 bridgehead atoms. The Morgan fingerprint density at radius 2 is 2.13 bits per heavy atom. The molecule has 2 aromatic rings. The van der Waals surface area contributed by atoms with Crippen LogP contribution in [0.2, 0.25) is 0 Å². The van der Waals surface area contributed by atoms with E-state index in [0.29, 0.717) is 5.69 Å². The zero-order chi connectivity index (χ0) is 11.1. The van der Waals surface area contributed by atoms with E-state index >= 15 is 0 Å². The predicted molar refractivity (Wildman–Crippen MR) is 59.8 cm³/mol. The second-order valence-corrected chi connectivity index (χ2v) is 3.76. The van der Waals surface area contributed by atoms with Crippen molar-refractivity contribution in [2.45, 2.75) is 12.5 Å². The van der Waals surface area contributed by atoms with Crippen LogP contribution in [0.5, 0.6) is 0 Å². The van der Waals surface area contributed by atoms with Crippen LogP contribution in [0.1, 0.15) is 12.6 Å². The monoisotopic (exact) mass is 203 g/mol. The molecular weight excluding hydrogens is 190 g/mol. The first-order valence-corrected chi connectivity index (χ1v) is 4.67. The number of hydrogen-bond acceptors (Lipinski definition) is 2. The molecule has 0 aliphatic carbocycles. The van der Waals surface area contributed by atoms with Gasteiger partial charge in [0.25, 0.3) is 0 Å². The normalized spacial score (nSPS) is 15.1. The smallest absolute Gasteiger partial charge is 0.157 e. The molecule has 2 rings (SSSR count). The number of para-hydroxylation sites is 1. The fourth-order valence-corrected chi connectivity index (χ4v) is 1.48. The Hall–Kier alpha value is -1.81. The molecule has 78 valence electrons. The van der Waals surface area contributed by atoms with Crippen molar-refractivity contribution < 1.29 is 5.11 Å². The Morgan fingerprint density at radius 3 is 2.73 bits per heavy atom. The summed E-state index contributed by atoms with van der Waals surface area (Å²) in [5.41, 5.74) is 5.37. The number of aliphatic hydroxyl groups is 1. The lowest BCUT2D eigenvalue weighted by Crippen LogP contribution is -2.37. The van der Waals surface area contributed by atoms with Crippen molar-refractivity contribution in [3.05, 3.63) is 36.0 Å². The third-order valence-electron chi connectivity index (χ3n) is 2.58. The molecule has 15 heavy (non-hydrogen) atoms. The predicted octanol–water partition coefficient (Wildman–Crippen LogP) is 1.31. The molecule has 0 fully saturated rings. The summed E-state index contributed by atoms with van der Waals surface area (Å²) in [5, 5.41) is 18.3. The summed E-state index contributed by atoms with van der Waals surface area (Å²) in [5.74, 6) is -0.269. The van der Waals surface area contributed by atoms with E-state index in [0.717, 1.165) is 10.9 Å². The van der Waals surface area contributed by atoms with E-state index in [-0.39, 0.29) is 5.84 Å². The Balaban J connectivity index is 2.58. The van der Waals surface area contributed by atoms with Gasteiger partial charge in [-0.15, -0.1) is 0 Å². The molecule has 1 aromatic carbocycles. The number of rotatable bonds is 2. The van der Waals surface area contributed by atoms with Crippen LogP contribution in [0.15, 0.2) is 30.3 Å². The number of hydrogen-bond donors (Lipinski definition) is 4. The second-order valence-electron chi connectivity index (χ2n) is 3.76. The third kappa shape index (κ3) is 1.49. The number of H-pyrrole nitrogens is 1. The minimum absolute atomic E-state index is 0.269. The average molecular weight is 203 g/mol. The summed E-state index contributed by atoms with van der Waals surface area (Å²) in [6.45, 7) is 1.50. The molecule has 0 saturated heterocycles. The highest BCUT2D eigenvalue weighted by Crippen LogP contribution is 2.24. The molecule has 0 aliphatic heterocycles. The minimum Gasteiger partial charge on any atom is -0.385 e. The number of aromatic nitrogens is 1. The maximum atomic E-state index is 9.98. The van der Waals surface area contributed by atoms with E-state index < -0.39 is 5.60 Å². The van der Waals surface area contributed by atoms with Crippen molar-refractivity contribution in [1.82, 2.24) is 4.98 Å². The van der Waals surface area contributed by atoms with Gasteiger partial charge in [-0.25, -0.2) is 0 Å². The Bertz CT molecular complexity index is 480. The number of nitrogens with two attached hydrogens (primary N) is 1. The highest BCUT2D eigenvalue weighted by Gasteiger charge is 2.28. The minimum atomic E-state index is -1.43. The van der Waals surface area contributed by atoms with Crippen LogP contribution >= 0.6 is 0 Å². The molecule has 1 unspecified atom stereocenters. The van der Waals surface area contributed by atoms with Crippen LogP contribution in [0.3, 0.4) is 0 Å². The average Bonchev–Trinajstić information content (AvgIpc) is 2.61. The van der Waals surface area contributed by atoms with Gasteiger partial charge in [0, 0.05) is 5.52 Å². The van der Waals surface area contributed by atoms with Gasteiger partial charge >= 0.3 is 0 Å². The zero-order valence-electron chi connectivity index (χ0n) is 8.41. The van der Waals surface area contributed by atoms with Crippen LogP contribution in [-0.4, -0.2) is 15.9 Å². The first-order valence-electron chi connectivity index (χ1n) is 4.67. The molecule has 1 atom stereocenters. The van der Waals surface area contributed by atoms with E-state index in [1.54, 1.807) is 6.07 Å². The molecule has 1 heterocycles. The van der Waals surface area contributed by atoms with Gasteiger partial charge in [0.05, 0.1) is 5.69 Å². The number of amidine groups is 1. The van der Waals surface area contributed by atoms with E-state index in [2.05, 4.69) is 4.98 Å². The van der Waals surface area contributed by atoms with Gasteiger partial charge in [-0.2, -0.15) is 0 Å². The highest BCUT2D eigenvalue weighted by molar-refractivity contribution is 5.89. The Kier molecular flexibility index (Phi) is 2.01. The molecule has 0 saturated carbocycles. The van der Waals surface area contributed by atoms with Gasteiger partial charge in [0.2, 0.25) is 0 Å². The Morgan fingerprint density at radius 1 is 1.47 bits per heavy atom. The van der Waals surface area contributed by atoms with Crippen molar-refractivity contribution >= 4 is 16.7 Å². The highest BCUT2D eigenvalue weighted by atomic mass is 16.3. The van der Waals surface area contributed by atoms with Crippen LogP contribution in [0, 0.1) is 5.41 Å². The summed E-state index contributed by atoms with van der Waals surface area (Å²) >= 11 is 0. The molecule has 1 aromatic heterocycles. The van der Waals surface area contributed by atoms with Gasteiger partial charge in [-0.3, -0.25) is 5.41 Å². The van der Waals surface area contributed by atoms with Crippen molar-refractivity contribution in [3.63, 3.8) is 0 Å². The fourth-order valence-electron chi connectivity index (χ4n) is 1.48. The number of fused-ring (bicyclic) bond motifs is 1. The molecule has 4 heteroatoms. The maximum absolute atomic E-state index is 9.98. The SMILES string of the molecule is CC(O)(C(=N)N)c1cc2ccccc2[nH]1. The van der Waals surface area contributed by atoms with Gasteiger partial charge in [-0.1, -0.05) is 18.2 Å². The number of aromatic amines is 1. The van der Waals surface area contributed by atoms with Crippen molar-refractivity contribution in [1.29, 1.82) is 5.41 Å². The molecular formula is C11H13N3O. The number of benzene rings is 1. The summed E-state index contributed by atoms with van der Waals surface area (Å²) in [4.78, 5) is 3.05. The van der Waals surface area contributed by atoms with Gasteiger partial charge in [0.1, 0.15) is 5.84 Å². The van der Waals surface area contributed by atoms with Gasteiger partial charge < -0.3 is 15.8 Å². The summed E-state index contributed by atoms with van der Waals surface area (Å²) < 4.78 is 0. The first-order chi connectivity index (χ1) is 7.01. The van der Waals surface area contributed by atoms with Crippen molar-refractivity contribution in [2.75, 3.05) is 0 Å². The van der Waals surface area contributed by atoms with Crippen LogP contribution in [-0.2, 0) is 5.60 Å². The molecule has 0 radical (unpaired) electrons. The standard InChI is InChI=1S/C11H13N3O/c1-11(15,10(12)13)9-6-7-4-2-3-5-8(7)14-9/h2-6,14-15H,1H3,(H3,12,13). The lowest BCUT2D eigenvalue weighted by molar-refractivity contribution is 0.126. The summed E-state index contributed by atoms with van der Waals surface area (Å²) in [6.07, 6.45) is 0. The van der Waals surface area contributed by atoms with Gasteiger partial charge in [0.15, 0.2) is 5.60 Å². The van der Waals surface area contributed by atoms with Crippen LogP contribution in [0.4, 0.5) is 0 Å². The van der Waals surface area contributed by atoms with E-state index in [1.807, 2.05) is 24.3 Å². The Labute approximate surface area is 87.2 Å². The second kappa shape index (κ2) is 3.10. The van der Waals surface area contributed by atoms with Crippen molar-refractivity contribution in [3.8, 4) is 0 Å². The quantitative estimate of drug-likeness (QED) is 0.438. The van der Waals surface area contributed by atoms with Crippen LogP contribution in [0.25, 0.3) is 10.9 Å². The number of nitrogens with one attached hydrogen (secondary N) is 2. The topological polar surface area (TPSA) is 85.9 Å². The maximum Gasteiger partial charge on any atom is 0.157 e. The summed E-state index contributed by atoms with van der Waals surface area (Å²) in [6, 6.07) is 9.48. The molecule has 0 aliphatic rings. The van der Waals surface area contributed by atoms with Crippen molar-refractivity contribution in [2.24, 2.45) is 5.73 Å². The van der Waals surface area contributed by atoms with Gasteiger partial charge in [-0.05, 0) is 24.4 Å². The summed E-state index contributed by atoms with van der Waals surface area (Å²) in [7, 11) is 0. The zero-order valence-corrected chi connectivity index (χ0v) is 8.41. The lowest BCUT2D eigenvalue weighted by atomic mass is 10.0. The lowest BCUT2D eigenvalue weighted by Gasteiger charge is -2.19. The largest absolute Gasteiger partial charge is 0.385 e. The molecule has 5 N–H and O–H groups in total. The molecule has 4 nitrogen and oxygen atoms in total. The molecule has 0 amide bonds. The first kappa shape index (κ1) is 9.73. The molecule has 0 spiro atoms.